The second kappa shape index (κ2) is 18.2. The lowest BCUT2D eigenvalue weighted by atomic mass is 10.0. The summed E-state index contributed by atoms with van der Waals surface area (Å²) in [5, 5.41) is 7.26. The first kappa shape index (κ1) is 40.5. The van der Waals surface area contributed by atoms with E-state index in [1.165, 1.54) is 26.1 Å². The minimum atomic E-state index is -4.85. The van der Waals surface area contributed by atoms with Gasteiger partial charge in [0.2, 0.25) is 5.91 Å². The molecular weight excluding hydrogens is 676 g/mol. The summed E-state index contributed by atoms with van der Waals surface area (Å²) >= 11 is 1.12. The summed E-state index contributed by atoms with van der Waals surface area (Å²) in [5.74, 6) is -2.17. The first-order valence-electron chi connectivity index (χ1n) is 14.7. The minimum Gasteiger partial charge on any atom is -0.390 e. The van der Waals surface area contributed by atoms with Crippen LogP contribution in [0.25, 0.3) is 0 Å². The van der Waals surface area contributed by atoms with Crippen LogP contribution in [0.15, 0.2) is 68.1 Å². The van der Waals surface area contributed by atoms with Crippen molar-refractivity contribution in [3.8, 4) is 0 Å². The maximum Gasteiger partial charge on any atom is 0.416 e. The normalized spacial score (nSPS) is 13.1. The van der Waals surface area contributed by atoms with Gasteiger partial charge >= 0.3 is 12.4 Å². The Balaban J connectivity index is 2.57. The Bertz CT molecular complexity index is 1650. The fourth-order valence-corrected chi connectivity index (χ4v) is 4.84. The number of thioether (sulfide) groups is 1. The number of aliphatic imine (C=N–C) groups is 2. The van der Waals surface area contributed by atoms with Gasteiger partial charge in [-0.05, 0) is 69.2 Å². The molecule has 0 saturated heterocycles. The van der Waals surface area contributed by atoms with Crippen molar-refractivity contribution in [2.75, 3.05) is 34.8 Å². The minimum absolute atomic E-state index is 0.00150. The number of allylic oxidation sites excluding steroid dienone is 1. The number of alkyl halides is 6. The van der Waals surface area contributed by atoms with Gasteiger partial charge in [0.25, 0.3) is 11.8 Å². The summed E-state index contributed by atoms with van der Waals surface area (Å²) in [7, 11) is 0. The fourth-order valence-electron chi connectivity index (χ4n) is 4.08. The number of halogens is 6. The number of nitrogens with two attached hydrogens (primary N) is 2. The molecule has 0 aromatic heterocycles. The van der Waals surface area contributed by atoms with Crippen LogP contribution >= 0.6 is 11.8 Å². The Morgan fingerprint density at radius 3 is 2.06 bits per heavy atom. The van der Waals surface area contributed by atoms with E-state index in [-0.39, 0.29) is 59.8 Å². The number of amides is 3. The number of carbonyl (C=O) groups excluding carboxylic acids is 3. The summed E-state index contributed by atoms with van der Waals surface area (Å²) < 4.78 is 82.0. The van der Waals surface area contributed by atoms with Gasteiger partial charge in [-0.2, -0.15) is 26.3 Å². The Hall–Kier alpha value is -4.64. The lowest BCUT2D eigenvalue weighted by Gasteiger charge is -2.18. The summed E-state index contributed by atoms with van der Waals surface area (Å²) in [6, 6.07) is 4.27. The molecule has 10 nitrogen and oxygen atoms in total. The van der Waals surface area contributed by atoms with Crippen LogP contribution in [0, 0.1) is 6.92 Å². The Labute approximate surface area is 283 Å². The topological polar surface area (TPSA) is 164 Å². The molecule has 49 heavy (non-hydrogen) atoms. The number of rotatable bonds is 14. The lowest BCUT2D eigenvalue weighted by Crippen LogP contribution is -2.20. The molecule has 0 bridgehead atoms. The SMILES string of the molecule is CC=N/C(=C\C(C(=O)Nc1cc(C(F)(F)F)cc(NC(=O)CCN=CN)c1C)=C(/C)CC)C(=O)Nc1cc(C(F)(F)F)ccc1SCCN. The highest BCUT2D eigenvalue weighted by Gasteiger charge is 2.33. The molecule has 0 fully saturated rings. The zero-order valence-electron chi connectivity index (χ0n) is 27.1. The van der Waals surface area contributed by atoms with Gasteiger partial charge in [-0.3, -0.25) is 24.4 Å². The molecule has 0 unspecified atom stereocenters. The number of nitrogens with zero attached hydrogens (tertiary/aromatic N) is 2. The molecule has 0 atom stereocenters. The molecule has 0 spiro atoms. The summed E-state index contributed by atoms with van der Waals surface area (Å²) in [6.45, 7) is 6.32. The van der Waals surface area contributed by atoms with Gasteiger partial charge in [0, 0.05) is 53.3 Å². The molecule has 0 aliphatic carbocycles. The van der Waals surface area contributed by atoms with Crippen molar-refractivity contribution in [3.63, 3.8) is 0 Å². The first-order chi connectivity index (χ1) is 23.0. The standard InChI is InChI=1S/C32H37F6N7O3S/c1-5-18(3)22(16-26(42-6-2)30(48)45-25-13-20(31(33,34)35)7-8-27(25)49-12-10-39)29(47)44-24-15-21(32(36,37)38)14-23(19(24)4)43-28(46)9-11-41-17-40/h6-8,13-17H,5,9-12,39H2,1-4H3,(H2,40,41)(H,43,46)(H,44,47)(H,45,48)/b22-18-,26-16-,42-6?. The van der Waals surface area contributed by atoms with Crippen LogP contribution in [0.5, 0.6) is 0 Å². The van der Waals surface area contributed by atoms with Crippen molar-refractivity contribution in [2.45, 2.75) is 57.8 Å². The maximum absolute atomic E-state index is 13.8. The molecular formula is C32H37F6N7O3S. The molecule has 0 aliphatic heterocycles. The number of nitrogens with one attached hydrogen (secondary N) is 3. The van der Waals surface area contributed by atoms with Crippen LogP contribution in [0.2, 0.25) is 0 Å². The Kier molecular flexibility index (Phi) is 15.1. The van der Waals surface area contributed by atoms with E-state index >= 15 is 0 Å². The van der Waals surface area contributed by atoms with E-state index in [4.69, 9.17) is 11.5 Å². The lowest BCUT2D eigenvalue weighted by molar-refractivity contribution is -0.138. The van der Waals surface area contributed by atoms with Gasteiger partial charge in [0.15, 0.2) is 0 Å². The van der Waals surface area contributed by atoms with E-state index in [1.54, 1.807) is 13.8 Å². The van der Waals surface area contributed by atoms with Crippen LogP contribution < -0.4 is 27.4 Å². The molecule has 0 saturated carbocycles. The third-order valence-corrected chi connectivity index (χ3v) is 7.88. The van der Waals surface area contributed by atoms with Gasteiger partial charge in [-0.15, -0.1) is 11.8 Å². The van der Waals surface area contributed by atoms with Gasteiger partial charge in [-0.1, -0.05) is 12.5 Å². The maximum atomic E-state index is 13.8. The molecule has 7 N–H and O–H groups in total. The molecule has 17 heteroatoms. The van der Waals surface area contributed by atoms with Gasteiger partial charge in [-0.25, -0.2) is 0 Å². The number of anilines is 3. The second-order valence-corrected chi connectivity index (χ2v) is 11.4. The predicted molar refractivity (Wildman–Crippen MR) is 181 cm³/mol. The van der Waals surface area contributed by atoms with Crippen LogP contribution in [-0.2, 0) is 26.7 Å². The zero-order valence-corrected chi connectivity index (χ0v) is 27.9. The van der Waals surface area contributed by atoms with E-state index in [0.717, 1.165) is 42.4 Å². The number of hydrogen-bond acceptors (Lipinski definition) is 7. The quantitative estimate of drug-likeness (QED) is 0.0366. The van der Waals surface area contributed by atoms with Crippen LogP contribution in [0.1, 0.15) is 50.3 Å². The van der Waals surface area contributed by atoms with E-state index in [2.05, 4.69) is 25.9 Å². The summed E-state index contributed by atoms with van der Waals surface area (Å²) in [5.41, 5.74) is 7.88. The van der Waals surface area contributed by atoms with Gasteiger partial charge in [0.05, 0.1) is 23.2 Å². The van der Waals surface area contributed by atoms with Crippen molar-refractivity contribution in [1.29, 1.82) is 0 Å². The number of carbonyl (C=O) groups is 3. The van der Waals surface area contributed by atoms with Crippen molar-refractivity contribution in [2.24, 2.45) is 21.5 Å². The third-order valence-electron chi connectivity index (χ3n) is 6.78. The monoisotopic (exact) mass is 713 g/mol. The average Bonchev–Trinajstić information content (AvgIpc) is 3.02. The van der Waals surface area contributed by atoms with Crippen molar-refractivity contribution < 1.29 is 40.7 Å². The average molecular weight is 714 g/mol. The predicted octanol–water partition coefficient (Wildman–Crippen LogP) is 6.68. The van der Waals surface area contributed by atoms with Crippen molar-refractivity contribution >= 4 is 59.1 Å². The zero-order chi connectivity index (χ0) is 36.9. The van der Waals surface area contributed by atoms with Crippen molar-refractivity contribution in [1.82, 2.24) is 0 Å². The summed E-state index contributed by atoms with van der Waals surface area (Å²) in [4.78, 5) is 47.5. The summed E-state index contributed by atoms with van der Waals surface area (Å²) in [6.07, 6.45) is -6.15. The van der Waals surface area contributed by atoms with E-state index < -0.39 is 41.2 Å². The molecule has 2 rings (SSSR count). The molecule has 0 aliphatic rings. The highest BCUT2D eigenvalue weighted by atomic mass is 32.2. The molecule has 0 heterocycles. The highest BCUT2D eigenvalue weighted by Crippen LogP contribution is 2.37. The van der Waals surface area contributed by atoms with Crippen LogP contribution in [-0.4, -0.2) is 49.1 Å². The molecule has 2 aromatic rings. The second-order valence-electron chi connectivity index (χ2n) is 10.3. The van der Waals surface area contributed by atoms with Crippen molar-refractivity contribution in [3.05, 3.63) is 69.9 Å². The molecule has 266 valence electrons. The Morgan fingerprint density at radius 1 is 0.918 bits per heavy atom. The molecule has 0 radical (unpaired) electrons. The smallest absolute Gasteiger partial charge is 0.390 e. The first-order valence-corrected chi connectivity index (χ1v) is 15.7. The van der Waals surface area contributed by atoms with Gasteiger partial charge < -0.3 is 27.4 Å². The van der Waals surface area contributed by atoms with E-state index in [0.29, 0.717) is 22.3 Å². The van der Waals surface area contributed by atoms with E-state index in [9.17, 15) is 40.7 Å². The Morgan fingerprint density at radius 2 is 1.51 bits per heavy atom. The third kappa shape index (κ3) is 12.1. The highest BCUT2D eigenvalue weighted by molar-refractivity contribution is 7.99. The molecule has 2 aromatic carbocycles. The molecule has 3 amide bonds. The van der Waals surface area contributed by atoms with Crippen LogP contribution in [0.3, 0.4) is 0 Å². The number of hydrogen-bond donors (Lipinski definition) is 5. The fraction of sp³-hybridized carbons (Fsp3) is 0.344. The van der Waals surface area contributed by atoms with Gasteiger partial charge in [0.1, 0.15) is 5.70 Å². The largest absolute Gasteiger partial charge is 0.416 e. The number of benzene rings is 2. The van der Waals surface area contributed by atoms with Crippen LogP contribution in [0.4, 0.5) is 43.4 Å². The van der Waals surface area contributed by atoms with E-state index in [1.807, 2.05) is 0 Å².